The van der Waals surface area contributed by atoms with E-state index in [1.54, 1.807) is 0 Å². The number of hydrogen-bond donors (Lipinski definition) is 0. The Labute approximate surface area is 68.3 Å². The molecule has 0 bridgehead atoms. The van der Waals surface area contributed by atoms with Crippen molar-refractivity contribution in [2.24, 2.45) is 0 Å². The monoisotopic (exact) mass is 166 g/mol. The summed E-state index contributed by atoms with van der Waals surface area (Å²) < 4.78 is 0. The smallest absolute Gasteiger partial charge is 0.270 e. The van der Waals surface area contributed by atoms with Crippen LogP contribution in [0, 0.1) is 21.4 Å². The Hall–Kier alpha value is -1.93. The van der Waals surface area contributed by atoms with E-state index in [0.29, 0.717) is 5.56 Å². The first-order valence-electron chi connectivity index (χ1n) is 2.88. The highest BCUT2D eigenvalue weighted by molar-refractivity contribution is 5.40. The van der Waals surface area contributed by atoms with Crippen LogP contribution in [0.25, 0.3) is 0 Å². The molecule has 0 saturated heterocycles. The molecule has 0 radical (unpaired) electrons. The Morgan fingerprint density at radius 1 is 1.50 bits per heavy atom. The van der Waals surface area contributed by atoms with E-state index in [4.69, 9.17) is 5.26 Å². The molecule has 0 aliphatic rings. The van der Waals surface area contributed by atoms with E-state index in [0.717, 1.165) is 0 Å². The van der Waals surface area contributed by atoms with E-state index in [1.165, 1.54) is 24.3 Å². The maximum absolute atomic E-state index is 10.2. The first-order valence-corrected chi connectivity index (χ1v) is 2.88. The summed E-state index contributed by atoms with van der Waals surface area (Å²) in [6.45, 7) is 0. The molecule has 0 spiro atoms. The molecule has 2 N–H and O–H groups in total. The number of non-ortho nitro benzene ring substituents is 1. The number of nitriles is 1. The summed E-state index contributed by atoms with van der Waals surface area (Å²) in [5, 5.41) is 18.5. The van der Waals surface area contributed by atoms with Crippen molar-refractivity contribution in [2.75, 3.05) is 0 Å². The van der Waals surface area contributed by atoms with Crippen LogP contribution in [-0.4, -0.2) is 10.4 Å². The summed E-state index contributed by atoms with van der Waals surface area (Å²) in [4.78, 5) is 9.64. The van der Waals surface area contributed by atoms with Crippen molar-refractivity contribution in [3.8, 4) is 6.07 Å². The van der Waals surface area contributed by atoms with Gasteiger partial charge in [-0.2, -0.15) is 5.26 Å². The lowest BCUT2D eigenvalue weighted by Gasteiger charge is -1.89. The molecule has 0 heterocycles. The minimum atomic E-state index is -0.527. The number of nitro groups is 1. The molecule has 5 heteroatoms. The fraction of sp³-hybridized carbons (Fsp3) is 0. The maximum atomic E-state index is 10.2. The Morgan fingerprint density at radius 2 is 2.17 bits per heavy atom. The lowest BCUT2D eigenvalue weighted by Crippen LogP contribution is -1.87. The van der Waals surface area contributed by atoms with E-state index in [9.17, 15) is 10.1 Å². The molecule has 0 aromatic heterocycles. The average molecular weight is 166 g/mol. The van der Waals surface area contributed by atoms with Gasteiger partial charge in [-0.05, 0) is 6.07 Å². The van der Waals surface area contributed by atoms with Gasteiger partial charge in [0.25, 0.3) is 5.69 Å². The van der Waals surface area contributed by atoms with Crippen LogP contribution in [0.2, 0.25) is 0 Å². The van der Waals surface area contributed by atoms with E-state index in [-0.39, 0.29) is 11.2 Å². The standard InChI is InChI=1S/C7H4N2O2.H2O/c8-5-6-2-1-3-7(4-6)9(10)11;/h1-4H;1H2. The fourth-order valence-corrected chi connectivity index (χ4v) is 0.689. The summed E-state index contributed by atoms with van der Waals surface area (Å²) in [7, 11) is 0. The third-order valence-electron chi connectivity index (χ3n) is 1.19. The third-order valence-corrected chi connectivity index (χ3v) is 1.19. The van der Waals surface area contributed by atoms with Crippen LogP contribution in [0.4, 0.5) is 5.69 Å². The van der Waals surface area contributed by atoms with Gasteiger partial charge in [0.05, 0.1) is 16.6 Å². The van der Waals surface area contributed by atoms with Crippen molar-refractivity contribution >= 4 is 5.69 Å². The van der Waals surface area contributed by atoms with Gasteiger partial charge in [-0.25, -0.2) is 0 Å². The topological polar surface area (TPSA) is 98.4 Å². The fourth-order valence-electron chi connectivity index (χ4n) is 0.689. The first-order chi connectivity index (χ1) is 5.24. The zero-order valence-electron chi connectivity index (χ0n) is 6.02. The quantitative estimate of drug-likeness (QED) is 0.452. The Bertz CT molecular complexity index is 330. The average Bonchev–Trinajstić information content (AvgIpc) is 2.05. The van der Waals surface area contributed by atoms with E-state index < -0.39 is 4.92 Å². The van der Waals surface area contributed by atoms with Gasteiger partial charge in [-0.15, -0.1) is 0 Å². The van der Waals surface area contributed by atoms with Crippen LogP contribution < -0.4 is 0 Å². The van der Waals surface area contributed by atoms with Crippen molar-refractivity contribution in [3.63, 3.8) is 0 Å². The van der Waals surface area contributed by atoms with Gasteiger partial charge in [-0.1, -0.05) is 6.07 Å². The molecule has 0 atom stereocenters. The van der Waals surface area contributed by atoms with Gasteiger partial charge in [0, 0.05) is 12.1 Å². The van der Waals surface area contributed by atoms with Gasteiger partial charge in [0.2, 0.25) is 0 Å². The molecule has 12 heavy (non-hydrogen) atoms. The summed E-state index contributed by atoms with van der Waals surface area (Å²) in [5.41, 5.74) is 0.253. The van der Waals surface area contributed by atoms with Gasteiger partial charge >= 0.3 is 0 Å². The predicted molar refractivity (Wildman–Crippen MR) is 41.4 cm³/mol. The van der Waals surface area contributed by atoms with E-state index >= 15 is 0 Å². The second kappa shape index (κ2) is 4.05. The number of nitro benzene ring substituents is 1. The maximum Gasteiger partial charge on any atom is 0.270 e. The summed E-state index contributed by atoms with van der Waals surface area (Å²) >= 11 is 0. The van der Waals surface area contributed by atoms with Crippen LogP contribution in [0.15, 0.2) is 24.3 Å². The highest BCUT2D eigenvalue weighted by Crippen LogP contribution is 2.11. The van der Waals surface area contributed by atoms with Crippen LogP contribution in [0.3, 0.4) is 0 Å². The van der Waals surface area contributed by atoms with Gasteiger partial charge in [0.1, 0.15) is 0 Å². The van der Waals surface area contributed by atoms with Gasteiger partial charge in [0.15, 0.2) is 0 Å². The van der Waals surface area contributed by atoms with Crippen molar-refractivity contribution in [3.05, 3.63) is 39.9 Å². The minimum absolute atomic E-state index is 0. The molecule has 62 valence electrons. The van der Waals surface area contributed by atoms with Crippen molar-refractivity contribution < 1.29 is 10.4 Å². The largest absolute Gasteiger partial charge is 0.412 e. The molecule has 5 nitrogen and oxygen atoms in total. The highest BCUT2D eigenvalue weighted by atomic mass is 16.6. The molecule has 1 aromatic rings. The minimum Gasteiger partial charge on any atom is -0.412 e. The molecule has 0 amide bonds. The Balaban J connectivity index is 0.00000121. The number of benzene rings is 1. The lowest BCUT2D eigenvalue weighted by atomic mass is 10.2. The SMILES string of the molecule is N#Cc1cccc([N+](=O)[O-])c1.O. The highest BCUT2D eigenvalue weighted by Gasteiger charge is 2.03. The van der Waals surface area contributed by atoms with Gasteiger partial charge < -0.3 is 5.48 Å². The second-order valence-electron chi connectivity index (χ2n) is 1.92. The first kappa shape index (κ1) is 10.1. The number of nitrogens with zero attached hydrogens (tertiary/aromatic N) is 2. The summed E-state index contributed by atoms with van der Waals surface area (Å²) in [5.74, 6) is 0. The van der Waals surface area contributed by atoms with Crippen LogP contribution in [0.5, 0.6) is 0 Å². The zero-order valence-corrected chi connectivity index (χ0v) is 6.02. The Morgan fingerprint density at radius 3 is 2.67 bits per heavy atom. The van der Waals surface area contributed by atoms with Crippen LogP contribution in [-0.2, 0) is 0 Å². The molecule has 0 unspecified atom stereocenters. The number of rotatable bonds is 1. The zero-order chi connectivity index (χ0) is 8.27. The second-order valence-corrected chi connectivity index (χ2v) is 1.92. The van der Waals surface area contributed by atoms with E-state index in [2.05, 4.69) is 0 Å². The number of hydrogen-bond acceptors (Lipinski definition) is 3. The normalized spacial score (nSPS) is 7.92. The van der Waals surface area contributed by atoms with Crippen LogP contribution in [0.1, 0.15) is 5.56 Å². The van der Waals surface area contributed by atoms with E-state index in [1.807, 2.05) is 6.07 Å². The molecule has 0 aliphatic heterocycles. The lowest BCUT2D eigenvalue weighted by molar-refractivity contribution is -0.384. The third kappa shape index (κ3) is 2.04. The molecule has 0 saturated carbocycles. The summed E-state index contributed by atoms with van der Waals surface area (Å²) in [6.07, 6.45) is 0. The van der Waals surface area contributed by atoms with Gasteiger partial charge in [-0.3, -0.25) is 10.1 Å². The van der Waals surface area contributed by atoms with Crippen molar-refractivity contribution in [1.29, 1.82) is 5.26 Å². The molecular weight excluding hydrogens is 160 g/mol. The Kier molecular flexibility index (Phi) is 3.40. The predicted octanol–water partition coefficient (Wildman–Crippen LogP) is 0.642. The molecule has 1 aromatic carbocycles. The molecule has 0 fully saturated rings. The molecule has 1 rings (SSSR count). The van der Waals surface area contributed by atoms with Crippen LogP contribution >= 0.6 is 0 Å². The summed E-state index contributed by atoms with van der Waals surface area (Å²) in [6, 6.07) is 7.41. The van der Waals surface area contributed by atoms with Crippen molar-refractivity contribution in [1.82, 2.24) is 0 Å². The molecule has 0 aliphatic carbocycles. The van der Waals surface area contributed by atoms with Crippen molar-refractivity contribution in [2.45, 2.75) is 0 Å². The molecular formula is C7H6N2O3.